The van der Waals surface area contributed by atoms with Gasteiger partial charge in [-0.1, -0.05) is 12.1 Å². The summed E-state index contributed by atoms with van der Waals surface area (Å²) < 4.78 is 42.7. The molecule has 1 amide bonds. The number of hydrogen-bond donors (Lipinski definition) is 1. The van der Waals surface area contributed by atoms with Crippen molar-refractivity contribution in [3.63, 3.8) is 0 Å². The minimum atomic E-state index is -3.74. The lowest BCUT2D eigenvalue weighted by atomic mass is 10.1. The summed E-state index contributed by atoms with van der Waals surface area (Å²) in [6.07, 6.45) is 1.07. The third kappa shape index (κ3) is 5.41. The van der Waals surface area contributed by atoms with Crippen molar-refractivity contribution in [2.24, 2.45) is 0 Å². The maximum atomic E-state index is 12.9. The fourth-order valence-electron chi connectivity index (χ4n) is 3.41. The summed E-state index contributed by atoms with van der Waals surface area (Å²) in [7, 11) is -3.74. The number of carbonyl (C=O) groups excluding carboxylic acids is 1. The Morgan fingerprint density at radius 3 is 2.35 bits per heavy atom. The van der Waals surface area contributed by atoms with E-state index in [0.29, 0.717) is 37.0 Å². The van der Waals surface area contributed by atoms with Crippen LogP contribution in [0.2, 0.25) is 0 Å². The molecule has 2 aromatic rings. The maximum Gasteiger partial charge on any atom is 0.244 e. The number of benzene rings is 2. The number of nitrogens with zero attached hydrogens (tertiary/aromatic N) is 1. The molecular formula is C22H28N2O6S. The van der Waals surface area contributed by atoms with Crippen LogP contribution < -0.4 is 23.8 Å². The first-order chi connectivity index (χ1) is 14.7. The van der Waals surface area contributed by atoms with Crippen LogP contribution in [0.1, 0.15) is 32.4 Å². The van der Waals surface area contributed by atoms with Crippen LogP contribution in [0.15, 0.2) is 42.5 Å². The molecule has 0 saturated heterocycles. The molecule has 168 valence electrons. The number of fused-ring (bicyclic) bond motifs is 1. The van der Waals surface area contributed by atoms with Crippen molar-refractivity contribution >= 4 is 21.6 Å². The Balaban J connectivity index is 1.78. The van der Waals surface area contributed by atoms with Gasteiger partial charge in [0.2, 0.25) is 15.9 Å². The van der Waals surface area contributed by atoms with E-state index >= 15 is 0 Å². The molecule has 3 rings (SSSR count). The number of amides is 1. The molecule has 31 heavy (non-hydrogen) atoms. The Hall–Kier alpha value is -2.94. The molecule has 2 atom stereocenters. The van der Waals surface area contributed by atoms with Crippen molar-refractivity contribution in [3.8, 4) is 17.2 Å². The average Bonchev–Trinajstić information content (AvgIpc) is 2.73. The Morgan fingerprint density at radius 1 is 1.10 bits per heavy atom. The Kier molecular flexibility index (Phi) is 6.94. The number of sulfonamides is 1. The third-order valence-corrected chi connectivity index (χ3v) is 6.16. The van der Waals surface area contributed by atoms with Crippen LogP contribution in [-0.4, -0.2) is 46.4 Å². The Labute approximate surface area is 183 Å². The lowest BCUT2D eigenvalue weighted by molar-refractivity contribution is -0.122. The molecule has 0 fully saturated rings. The van der Waals surface area contributed by atoms with E-state index in [1.54, 1.807) is 25.1 Å². The highest BCUT2D eigenvalue weighted by molar-refractivity contribution is 7.92. The molecule has 0 aromatic heterocycles. The minimum absolute atomic E-state index is 0.313. The smallest absolute Gasteiger partial charge is 0.244 e. The van der Waals surface area contributed by atoms with Gasteiger partial charge in [0.1, 0.15) is 25.0 Å². The topological polar surface area (TPSA) is 94.2 Å². The third-order valence-electron chi connectivity index (χ3n) is 4.92. The zero-order chi connectivity index (χ0) is 22.6. The van der Waals surface area contributed by atoms with Gasteiger partial charge in [-0.2, -0.15) is 0 Å². The zero-order valence-electron chi connectivity index (χ0n) is 18.1. The van der Waals surface area contributed by atoms with Crippen molar-refractivity contribution in [3.05, 3.63) is 48.0 Å². The highest BCUT2D eigenvalue weighted by Gasteiger charge is 2.31. The SMILES string of the molecule is CCOc1ccc([C@H](C)NC(=O)[C@@H](C)N(c2ccc3c(c2)OCCO3)S(C)(=O)=O)cc1. The van der Waals surface area contributed by atoms with Crippen LogP contribution in [-0.2, 0) is 14.8 Å². The minimum Gasteiger partial charge on any atom is -0.494 e. The molecule has 9 heteroatoms. The van der Waals surface area contributed by atoms with Gasteiger partial charge in [0.05, 0.1) is 24.6 Å². The molecule has 0 spiro atoms. The van der Waals surface area contributed by atoms with E-state index in [1.165, 1.54) is 0 Å². The molecule has 1 aliphatic heterocycles. The number of rotatable bonds is 8. The molecule has 1 heterocycles. The monoisotopic (exact) mass is 448 g/mol. The van der Waals surface area contributed by atoms with Crippen LogP contribution in [0.4, 0.5) is 5.69 Å². The van der Waals surface area contributed by atoms with E-state index in [2.05, 4.69) is 5.32 Å². The van der Waals surface area contributed by atoms with Crippen LogP contribution >= 0.6 is 0 Å². The van der Waals surface area contributed by atoms with E-state index in [-0.39, 0.29) is 6.04 Å². The van der Waals surface area contributed by atoms with Gasteiger partial charge in [-0.05, 0) is 50.6 Å². The quantitative estimate of drug-likeness (QED) is 0.667. The molecule has 0 unspecified atom stereocenters. The summed E-state index contributed by atoms with van der Waals surface area (Å²) in [5.41, 5.74) is 1.22. The molecule has 1 N–H and O–H groups in total. The molecule has 0 bridgehead atoms. The van der Waals surface area contributed by atoms with E-state index in [4.69, 9.17) is 14.2 Å². The van der Waals surface area contributed by atoms with Crippen LogP contribution in [0.25, 0.3) is 0 Å². The second kappa shape index (κ2) is 9.47. The largest absolute Gasteiger partial charge is 0.494 e. The summed E-state index contributed by atoms with van der Waals surface area (Å²) in [6, 6.07) is 11.0. The fraction of sp³-hybridized carbons (Fsp3) is 0.409. The van der Waals surface area contributed by atoms with Gasteiger partial charge in [-0.15, -0.1) is 0 Å². The predicted molar refractivity (Wildman–Crippen MR) is 118 cm³/mol. The number of carbonyl (C=O) groups is 1. The fourth-order valence-corrected chi connectivity index (χ4v) is 4.58. The van der Waals surface area contributed by atoms with Crippen LogP contribution in [0, 0.1) is 0 Å². The van der Waals surface area contributed by atoms with Gasteiger partial charge >= 0.3 is 0 Å². The number of anilines is 1. The van der Waals surface area contributed by atoms with Gasteiger partial charge in [0, 0.05) is 6.07 Å². The van der Waals surface area contributed by atoms with E-state index < -0.39 is 22.0 Å². The summed E-state index contributed by atoms with van der Waals surface area (Å²) >= 11 is 0. The van der Waals surface area contributed by atoms with Gasteiger partial charge in [0.15, 0.2) is 11.5 Å². The summed E-state index contributed by atoms with van der Waals surface area (Å²) in [5.74, 6) is 1.33. The number of hydrogen-bond acceptors (Lipinski definition) is 6. The van der Waals surface area contributed by atoms with Crippen molar-refractivity contribution in [2.75, 3.05) is 30.4 Å². The standard InChI is InChI=1S/C22H28N2O6S/c1-5-28-19-9-6-17(7-10-19)15(2)23-22(25)16(3)24(31(4,26)27)18-8-11-20-21(14-18)30-13-12-29-20/h6-11,14-16H,5,12-13H2,1-4H3,(H,23,25)/t15-,16+/m0/s1. The molecule has 1 aliphatic rings. The number of ether oxygens (including phenoxy) is 3. The van der Waals surface area contributed by atoms with Gasteiger partial charge in [-0.25, -0.2) is 8.42 Å². The Morgan fingerprint density at radius 2 is 1.74 bits per heavy atom. The average molecular weight is 449 g/mol. The molecule has 2 aromatic carbocycles. The molecule has 0 radical (unpaired) electrons. The van der Waals surface area contributed by atoms with Gasteiger partial charge in [-0.3, -0.25) is 9.10 Å². The zero-order valence-corrected chi connectivity index (χ0v) is 18.9. The first-order valence-corrected chi connectivity index (χ1v) is 12.0. The van der Waals surface area contributed by atoms with Gasteiger partial charge < -0.3 is 19.5 Å². The summed E-state index contributed by atoms with van der Waals surface area (Å²) in [6.45, 7) is 6.69. The van der Waals surface area contributed by atoms with E-state index in [9.17, 15) is 13.2 Å². The number of nitrogens with one attached hydrogen (secondary N) is 1. The van der Waals surface area contributed by atoms with Gasteiger partial charge in [0.25, 0.3) is 0 Å². The molecule has 8 nitrogen and oxygen atoms in total. The lowest BCUT2D eigenvalue weighted by Crippen LogP contribution is -2.48. The van der Waals surface area contributed by atoms with E-state index in [1.807, 2.05) is 38.1 Å². The highest BCUT2D eigenvalue weighted by atomic mass is 32.2. The van der Waals surface area contributed by atoms with Crippen LogP contribution in [0.5, 0.6) is 17.2 Å². The second-order valence-electron chi connectivity index (χ2n) is 7.30. The second-order valence-corrected chi connectivity index (χ2v) is 9.15. The van der Waals surface area contributed by atoms with E-state index in [0.717, 1.165) is 21.9 Å². The van der Waals surface area contributed by atoms with Crippen LogP contribution in [0.3, 0.4) is 0 Å². The maximum absolute atomic E-state index is 12.9. The Bertz CT molecular complexity index is 1020. The van der Waals surface area contributed by atoms with Crippen molar-refractivity contribution in [2.45, 2.75) is 32.9 Å². The highest BCUT2D eigenvalue weighted by Crippen LogP contribution is 2.35. The normalized spacial score (nSPS) is 15.0. The molecular weight excluding hydrogens is 420 g/mol. The van der Waals surface area contributed by atoms with Crippen molar-refractivity contribution in [1.29, 1.82) is 0 Å². The lowest BCUT2D eigenvalue weighted by Gasteiger charge is -2.30. The summed E-state index contributed by atoms with van der Waals surface area (Å²) in [4.78, 5) is 12.9. The first-order valence-electron chi connectivity index (χ1n) is 10.1. The molecule has 0 aliphatic carbocycles. The first kappa shape index (κ1) is 22.7. The predicted octanol–water partition coefficient (Wildman–Crippen LogP) is 2.89. The summed E-state index contributed by atoms with van der Waals surface area (Å²) in [5, 5.41) is 2.89. The van der Waals surface area contributed by atoms with Crippen molar-refractivity contribution in [1.82, 2.24) is 5.32 Å². The van der Waals surface area contributed by atoms with Crippen molar-refractivity contribution < 1.29 is 27.4 Å². The molecule has 0 saturated carbocycles.